The highest BCUT2D eigenvalue weighted by atomic mass is 19.1. The summed E-state index contributed by atoms with van der Waals surface area (Å²) < 4.78 is 13.3. The lowest BCUT2D eigenvalue weighted by Gasteiger charge is -2.27. The number of hydrogen-bond acceptors (Lipinski definition) is 2. The fraction of sp³-hybridized carbons (Fsp3) is 0.571. The van der Waals surface area contributed by atoms with Gasteiger partial charge in [0.15, 0.2) is 0 Å². The van der Waals surface area contributed by atoms with E-state index in [0.717, 1.165) is 17.8 Å². The maximum absolute atomic E-state index is 13.3. The van der Waals surface area contributed by atoms with Gasteiger partial charge in [-0.05, 0) is 49.9 Å². The molecular formula is C14H21FN2. The average Bonchev–Trinajstić information content (AvgIpc) is 2.57. The molecule has 0 aromatic heterocycles. The highest BCUT2D eigenvalue weighted by molar-refractivity contribution is 5.56. The molecule has 94 valence electrons. The highest BCUT2D eigenvalue weighted by Gasteiger charge is 2.28. The van der Waals surface area contributed by atoms with Crippen molar-refractivity contribution in [2.75, 3.05) is 11.4 Å². The molecule has 3 heteroatoms. The fourth-order valence-corrected chi connectivity index (χ4v) is 2.79. The number of rotatable bonds is 2. The summed E-state index contributed by atoms with van der Waals surface area (Å²) in [6.07, 6.45) is 1.19. The number of anilines is 1. The molecule has 17 heavy (non-hydrogen) atoms. The molecule has 1 fully saturated rings. The molecule has 0 amide bonds. The Morgan fingerprint density at radius 1 is 1.41 bits per heavy atom. The minimum absolute atomic E-state index is 0.135. The van der Waals surface area contributed by atoms with E-state index in [1.807, 2.05) is 13.0 Å². The molecule has 3 atom stereocenters. The lowest BCUT2D eigenvalue weighted by Crippen LogP contribution is -2.28. The molecule has 1 saturated heterocycles. The standard InChI is InChI=1S/C14H21FN2/c1-9-6-10(2)17(8-9)14-5-4-12(15)7-13(14)11(3)16/h4-5,7,9-11H,6,8,16H2,1-3H3/t9?,10?,11-/m0/s1. The van der Waals surface area contributed by atoms with E-state index in [-0.39, 0.29) is 11.9 Å². The zero-order valence-corrected chi connectivity index (χ0v) is 10.8. The van der Waals surface area contributed by atoms with Crippen molar-refractivity contribution in [2.24, 2.45) is 11.7 Å². The molecule has 2 unspecified atom stereocenters. The largest absolute Gasteiger partial charge is 0.368 e. The third kappa shape index (κ3) is 2.44. The first-order valence-corrected chi connectivity index (χ1v) is 6.30. The van der Waals surface area contributed by atoms with Crippen molar-refractivity contribution < 1.29 is 4.39 Å². The Bertz CT molecular complexity index is 403. The molecule has 2 rings (SSSR count). The summed E-state index contributed by atoms with van der Waals surface area (Å²) in [5.74, 6) is 0.483. The van der Waals surface area contributed by atoms with Gasteiger partial charge in [0, 0.05) is 24.3 Å². The first-order chi connectivity index (χ1) is 7.99. The zero-order valence-electron chi connectivity index (χ0n) is 10.8. The van der Waals surface area contributed by atoms with Crippen molar-refractivity contribution in [2.45, 2.75) is 39.3 Å². The Morgan fingerprint density at radius 3 is 2.65 bits per heavy atom. The van der Waals surface area contributed by atoms with Crippen LogP contribution in [-0.4, -0.2) is 12.6 Å². The summed E-state index contributed by atoms with van der Waals surface area (Å²) in [6.45, 7) is 7.42. The molecule has 1 aliphatic heterocycles. The summed E-state index contributed by atoms with van der Waals surface area (Å²) in [5, 5.41) is 0. The van der Waals surface area contributed by atoms with Crippen molar-refractivity contribution in [1.82, 2.24) is 0 Å². The monoisotopic (exact) mass is 236 g/mol. The highest BCUT2D eigenvalue weighted by Crippen LogP contribution is 2.33. The van der Waals surface area contributed by atoms with Crippen LogP contribution in [0, 0.1) is 11.7 Å². The third-order valence-corrected chi connectivity index (χ3v) is 3.57. The van der Waals surface area contributed by atoms with Crippen molar-refractivity contribution >= 4 is 5.69 Å². The van der Waals surface area contributed by atoms with Gasteiger partial charge in [0.05, 0.1) is 0 Å². The molecular weight excluding hydrogens is 215 g/mol. The van der Waals surface area contributed by atoms with Crippen LogP contribution in [0.1, 0.15) is 38.8 Å². The Kier molecular flexibility index (Phi) is 3.38. The molecule has 0 spiro atoms. The Hall–Kier alpha value is -1.09. The summed E-state index contributed by atoms with van der Waals surface area (Å²) in [6, 6.07) is 5.33. The molecule has 0 bridgehead atoms. The van der Waals surface area contributed by atoms with Crippen LogP contribution in [-0.2, 0) is 0 Å². The van der Waals surface area contributed by atoms with Crippen molar-refractivity contribution in [3.8, 4) is 0 Å². The normalized spacial score (nSPS) is 26.3. The van der Waals surface area contributed by atoms with Gasteiger partial charge < -0.3 is 10.6 Å². The zero-order chi connectivity index (χ0) is 12.6. The minimum Gasteiger partial charge on any atom is -0.368 e. The van der Waals surface area contributed by atoms with Crippen LogP contribution in [0.25, 0.3) is 0 Å². The molecule has 1 aromatic rings. The second-order valence-electron chi connectivity index (χ2n) is 5.33. The third-order valence-electron chi connectivity index (χ3n) is 3.57. The van der Waals surface area contributed by atoms with Gasteiger partial charge in [0.25, 0.3) is 0 Å². The number of nitrogens with two attached hydrogens (primary N) is 1. The maximum atomic E-state index is 13.3. The summed E-state index contributed by atoms with van der Waals surface area (Å²) in [4.78, 5) is 2.35. The average molecular weight is 236 g/mol. The second-order valence-corrected chi connectivity index (χ2v) is 5.33. The van der Waals surface area contributed by atoms with Crippen LogP contribution in [0.5, 0.6) is 0 Å². The molecule has 1 aliphatic rings. The molecule has 1 heterocycles. The number of halogens is 1. The van der Waals surface area contributed by atoms with Gasteiger partial charge in [0.1, 0.15) is 5.82 Å². The Balaban J connectivity index is 2.38. The molecule has 0 aliphatic carbocycles. The number of benzene rings is 1. The lowest BCUT2D eigenvalue weighted by atomic mass is 10.1. The van der Waals surface area contributed by atoms with Gasteiger partial charge >= 0.3 is 0 Å². The predicted octanol–water partition coefficient (Wildman–Crippen LogP) is 3.08. The number of nitrogens with zero attached hydrogens (tertiary/aromatic N) is 1. The molecule has 2 nitrogen and oxygen atoms in total. The van der Waals surface area contributed by atoms with Gasteiger partial charge in [-0.2, -0.15) is 0 Å². The predicted molar refractivity (Wildman–Crippen MR) is 69.6 cm³/mol. The molecule has 2 N–H and O–H groups in total. The molecule has 1 aromatic carbocycles. The van der Waals surface area contributed by atoms with E-state index in [4.69, 9.17) is 5.73 Å². The number of hydrogen-bond donors (Lipinski definition) is 1. The van der Waals surface area contributed by atoms with Crippen molar-refractivity contribution in [1.29, 1.82) is 0 Å². The SMILES string of the molecule is CC1CC(C)N(c2ccc(F)cc2[C@H](C)N)C1. The second kappa shape index (κ2) is 4.65. The van der Waals surface area contributed by atoms with Crippen LogP contribution in [0.15, 0.2) is 18.2 Å². The van der Waals surface area contributed by atoms with Crippen LogP contribution < -0.4 is 10.6 Å². The minimum atomic E-state index is -0.207. The topological polar surface area (TPSA) is 29.3 Å². The van der Waals surface area contributed by atoms with Crippen LogP contribution >= 0.6 is 0 Å². The maximum Gasteiger partial charge on any atom is 0.123 e. The summed E-state index contributed by atoms with van der Waals surface area (Å²) in [7, 11) is 0. The van der Waals surface area contributed by atoms with E-state index in [1.54, 1.807) is 6.07 Å². The van der Waals surface area contributed by atoms with E-state index < -0.39 is 0 Å². The van der Waals surface area contributed by atoms with Gasteiger partial charge in [-0.15, -0.1) is 0 Å². The van der Waals surface area contributed by atoms with Gasteiger partial charge in [-0.1, -0.05) is 6.92 Å². The van der Waals surface area contributed by atoms with E-state index in [0.29, 0.717) is 12.0 Å². The lowest BCUT2D eigenvalue weighted by molar-refractivity contribution is 0.620. The molecule has 0 saturated carbocycles. The smallest absolute Gasteiger partial charge is 0.123 e. The van der Waals surface area contributed by atoms with E-state index in [9.17, 15) is 4.39 Å². The summed E-state index contributed by atoms with van der Waals surface area (Å²) in [5.41, 5.74) is 7.94. The summed E-state index contributed by atoms with van der Waals surface area (Å²) >= 11 is 0. The van der Waals surface area contributed by atoms with Crippen LogP contribution in [0.2, 0.25) is 0 Å². The molecule has 0 radical (unpaired) electrons. The fourth-order valence-electron chi connectivity index (χ4n) is 2.79. The van der Waals surface area contributed by atoms with Crippen molar-refractivity contribution in [3.63, 3.8) is 0 Å². The Morgan fingerprint density at radius 2 is 2.12 bits per heavy atom. The first-order valence-electron chi connectivity index (χ1n) is 6.30. The Labute approximate surface area is 103 Å². The van der Waals surface area contributed by atoms with Crippen LogP contribution in [0.3, 0.4) is 0 Å². The van der Waals surface area contributed by atoms with Gasteiger partial charge in [0.2, 0.25) is 0 Å². The van der Waals surface area contributed by atoms with E-state index in [2.05, 4.69) is 18.7 Å². The van der Waals surface area contributed by atoms with Gasteiger partial charge in [-0.25, -0.2) is 4.39 Å². The van der Waals surface area contributed by atoms with Gasteiger partial charge in [-0.3, -0.25) is 0 Å². The van der Waals surface area contributed by atoms with Crippen molar-refractivity contribution in [3.05, 3.63) is 29.6 Å². The van der Waals surface area contributed by atoms with E-state index >= 15 is 0 Å². The van der Waals surface area contributed by atoms with Crippen LogP contribution in [0.4, 0.5) is 10.1 Å². The van der Waals surface area contributed by atoms with E-state index in [1.165, 1.54) is 12.5 Å². The first kappa shape index (κ1) is 12.4. The quantitative estimate of drug-likeness (QED) is 0.855.